The third kappa shape index (κ3) is 4.18. The van der Waals surface area contributed by atoms with E-state index in [-0.39, 0.29) is 16.4 Å². The minimum absolute atomic E-state index is 0.0342. The molecule has 4 aromatic rings. The molecule has 162 valence electrons. The van der Waals surface area contributed by atoms with Crippen molar-refractivity contribution >= 4 is 38.6 Å². The summed E-state index contributed by atoms with van der Waals surface area (Å²) in [7, 11) is -3.90. The second-order valence-corrected chi connectivity index (χ2v) is 8.36. The van der Waals surface area contributed by atoms with Gasteiger partial charge in [0.05, 0.1) is 4.90 Å². The zero-order valence-electron chi connectivity index (χ0n) is 16.9. The number of sulfonamides is 1. The Morgan fingerprint density at radius 3 is 2.38 bits per heavy atom. The van der Waals surface area contributed by atoms with Gasteiger partial charge in [-0.25, -0.2) is 28.1 Å². The number of benzene rings is 1. The largest absolute Gasteiger partial charge is 0.322 e. The van der Waals surface area contributed by atoms with Crippen molar-refractivity contribution in [3.63, 3.8) is 0 Å². The molecule has 10 nitrogen and oxygen atoms in total. The maximum absolute atomic E-state index is 12.8. The minimum atomic E-state index is -3.90. The molecule has 3 aromatic heterocycles. The van der Waals surface area contributed by atoms with E-state index in [0.717, 1.165) is 0 Å². The highest BCUT2D eigenvalue weighted by molar-refractivity contribution is 7.92. The normalized spacial score (nSPS) is 11.3. The van der Waals surface area contributed by atoms with Crippen LogP contribution in [0.1, 0.15) is 17.3 Å². The zero-order chi connectivity index (χ0) is 22.7. The Hall–Kier alpha value is -4.12. The summed E-state index contributed by atoms with van der Waals surface area (Å²) in [6.45, 7) is 2.16. The molecule has 11 heteroatoms. The standard InChI is InChI=1S/C21H18N6O4S/c1-2-27-18-14(5-3-10-22-18)13-17(20(27)29)19(28)25-15-6-8-16(9-7-15)32(30,31)26-21-23-11-4-12-24-21/h3-13H,2H2,1H3,(H,25,28)(H,23,24,26). The summed E-state index contributed by atoms with van der Waals surface area (Å²) in [6.07, 6.45) is 4.42. The first-order chi connectivity index (χ1) is 15.4. The lowest BCUT2D eigenvalue weighted by Gasteiger charge is -2.11. The van der Waals surface area contributed by atoms with Crippen LogP contribution in [0, 0.1) is 0 Å². The number of carbonyl (C=O) groups excluding carboxylic acids is 1. The number of hydrogen-bond acceptors (Lipinski definition) is 7. The Kier molecular flexibility index (Phi) is 5.65. The van der Waals surface area contributed by atoms with Crippen LogP contribution in [0.25, 0.3) is 11.0 Å². The first-order valence-electron chi connectivity index (χ1n) is 9.59. The van der Waals surface area contributed by atoms with Gasteiger partial charge in [0.1, 0.15) is 11.2 Å². The van der Waals surface area contributed by atoms with Crippen molar-refractivity contribution in [1.29, 1.82) is 0 Å². The van der Waals surface area contributed by atoms with Crippen molar-refractivity contribution in [3.8, 4) is 0 Å². The van der Waals surface area contributed by atoms with Gasteiger partial charge in [-0.15, -0.1) is 0 Å². The average Bonchev–Trinajstić information content (AvgIpc) is 2.79. The number of aryl methyl sites for hydroxylation is 1. The predicted octanol–water partition coefficient (Wildman–Crippen LogP) is 2.26. The van der Waals surface area contributed by atoms with E-state index in [4.69, 9.17) is 0 Å². The second-order valence-electron chi connectivity index (χ2n) is 6.68. The van der Waals surface area contributed by atoms with Gasteiger partial charge < -0.3 is 5.32 Å². The van der Waals surface area contributed by atoms with E-state index in [0.29, 0.717) is 23.3 Å². The highest BCUT2D eigenvalue weighted by Gasteiger charge is 2.18. The zero-order valence-corrected chi connectivity index (χ0v) is 17.7. The first kappa shape index (κ1) is 21.1. The summed E-state index contributed by atoms with van der Waals surface area (Å²) in [5.41, 5.74) is 0.342. The van der Waals surface area contributed by atoms with Crippen molar-refractivity contribution in [1.82, 2.24) is 19.5 Å². The molecule has 32 heavy (non-hydrogen) atoms. The van der Waals surface area contributed by atoms with Gasteiger partial charge >= 0.3 is 0 Å². The number of pyridine rings is 2. The van der Waals surface area contributed by atoms with E-state index in [2.05, 4.69) is 25.0 Å². The Balaban J connectivity index is 1.57. The maximum atomic E-state index is 12.8. The molecule has 0 saturated heterocycles. The quantitative estimate of drug-likeness (QED) is 0.460. The molecule has 0 aliphatic carbocycles. The van der Waals surface area contributed by atoms with Crippen LogP contribution in [-0.2, 0) is 16.6 Å². The van der Waals surface area contributed by atoms with Gasteiger partial charge in [0.15, 0.2) is 0 Å². The number of nitrogens with zero attached hydrogens (tertiary/aromatic N) is 4. The summed E-state index contributed by atoms with van der Waals surface area (Å²) in [5.74, 6) is -0.655. The molecular formula is C21H18N6O4S. The van der Waals surface area contributed by atoms with Crippen molar-refractivity contribution < 1.29 is 13.2 Å². The highest BCUT2D eigenvalue weighted by Crippen LogP contribution is 2.17. The molecule has 0 aliphatic rings. The lowest BCUT2D eigenvalue weighted by atomic mass is 10.2. The summed E-state index contributed by atoms with van der Waals surface area (Å²) >= 11 is 0. The fourth-order valence-corrected chi connectivity index (χ4v) is 4.07. The van der Waals surface area contributed by atoms with Crippen molar-refractivity contribution in [2.24, 2.45) is 0 Å². The van der Waals surface area contributed by atoms with Gasteiger partial charge in [0.2, 0.25) is 5.95 Å². The van der Waals surface area contributed by atoms with Crippen LogP contribution >= 0.6 is 0 Å². The van der Waals surface area contributed by atoms with Gasteiger partial charge in [-0.2, -0.15) is 0 Å². The van der Waals surface area contributed by atoms with Gasteiger partial charge in [-0.3, -0.25) is 14.2 Å². The molecule has 4 rings (SSSR count). The van der Waals surface area contributed by atoms with Crippen LogP contribution in [0.4, 0.5) is 11.6 Å². The van der Waals surface area contributed by atoms with Crippen molar-refractivity contribution in [2.75, 3.05) is 10.0 Å². The van der Waals surface area contributed by atoms with Gasteiger partial charge in [0, 0.05) is 36.2 Å². The van der Waals surface area contributed by atoms with E-state index in [1.165, 1.54) is 47.3 Å². The molecule has 0 bridgehead atoms. The Bertz CT molecular complexity index is 1450. The van der Waals surface area contributed by atoms with E-state index >= 15 is 0 Å². The number of fused-ring (bicyclic) bond motifs is 1. The summed E-state index contributed by atoms with van der Waals surface area (Å²) in [5, 5.41) is 3.29. The number of rotatable bonds is 6. The van der Waals surface area contributed by atoms with Crippen LogP contribution in [0.15, 0.2) is 76.8 Å². The number of anilines is 2. The number of amides is 1. The van der Waals surface area contributed by atoms with Gasteiger partial charge in [-0.1, -0.05) is 0 Å². The van der Waals surface area contributed by atoms with Crippen LogP contribution in [0.3, 0.4) is 0 Å². The molecule has 0 unspecified atom stereocenters. The predicted molar refractivity (Wildman–Crippen MR) is 119 cm³/mol. The first-order valence-corrected chi connectivity index (χ1v) is 11.1. The monoisotopic (exact) mass is 450 g/mol. The molecular weight excluding hydrogens is 432 g/mol. The third-order valence-corrected chi connectivity index (χ3v) is 5.97. The molecule has 1 amide bonds. The van der Waals surface area contributed by atoms with Crippen molar-refractivity contribution in [2.45, 2.75) is 18.4 Å². The van der Waals surface area contributed by atoms with Gasteiger partial charge in [0.25, 0.3) is 21.5 Å². The smallest absolute Gasteiger partial charge is 0.265 e. The number of nitrogens with one attached hydrogen (secondary N) is 2. The summed E-state index contributed by atoms with van der Waals surface area (Å²) in [6, 6.07) is 12.1. The Morgan fingerprint density at radius 1 is 1.00 bits per heavy atom. The molecule has 1 aromatic carbocycles. The number of aromatic nitrogens is 4. The average molecular weight is 450 g/mol. The molecule has 3 heterocycles. The number of hydrogen-bond donors (Lipinski definition) is 2. The molecule has 0 aliphatic heterocycles. The fraction of sp³-hybridized carbons (Fsp3) is 0.0952. The molecule has 0 fully saturated rings. The molecule has 0 radical (unpaired) electrons. The van der Waals surface area contributed by atoms with Crippen LogP contribution in [-0.4, -0.2) is 33.8 Å². The fourth-order valence-electron chi connectivity index (χ4n) is 3.11. The van der Waals surface area contributed by atoms with Crippen LogP contribution in [0.2, 0.25) is 0 Å². The minimum Gasteiger partial charge on any atom is -0.322 e. The molecule has 0 saturated carbocycles. The van der Waals surface area contributed by atoms with Crippen LogP contribution < -0.4 is 15.6 Å². The topological polar surface area (TPSA) is 136 Å². The molecule has 0 atom stereocenters. The Morgan fingerprint density at radius 2 is 1.69 bits per heavy atom. The highest BCUT2D eigenvalue weighted by atomic mass is 32.2. The molecule has 0 spiro atoms. The third-order valence-electron chi connectivity index (χ3n) is 4.62. The van der Waals surface area contributed by atoms with Crippen LogP contribution in [0.5, 0.6) is 0 Å². The summed E-state index contributed by atoms with van der Waals surface area (Å²) < 4.78 is 28.6. The van der Waals surface area contributed by atoms with Crippen molar-refractivity contribution in [3.05, 3.63) is 83.0 Å². The Labute approximate surface area is 183 Å². The lowest BCUT2D eigenvalue weighted by molar-refractivity contribution is 0.102. The van der Waals surface area contributed by atoms with E-state index < -0.39 is 21.5 Å². The summed E-state index contributed by atoms with van der Waals surface area (Å²) in [4.78, 5) is 37.4. The van der Waals surface area contributed by atoms with E-state index in [1.54, 1.807) is 31.3 Å². The molecule has 2 N–H and O–H groups in total. The maximum Gasteiger partial charge on any atom is 0.265 e. The SMILES string of the molecule is CCn1c(=O)c(C(=O)Nc2ccc(S(=O)(=O)Nc3ncccn3)cc2)cc2cccnc21. The lowest BCUT2D eigenvalue weighted by Crippen LogP contribution is -2.29. The second kappa shape index (κ2) is 8.55. The van der Waals surface area contributed by atoms with E-state index in [9.17, 15) is 18.0 Å². The van der Waals surface area contributed by atoms with Gasteiger partial charge in [-0.05, 0) is 55.5 Å². The van der Waals surface area contributed by atoms with E-state index in [1.807, 2.05) is 0 Å². The number of carbonyl (C=O) groups is 1.